The van der Waals surface area contributed by atoms with Gasteiger partial charge in [0.1, 0.15) is 11.6 Å². The van der Waals surface area contributed by atoms with Crippen molar-refractivity contribution in [2.24, 2.45) is 0 Å². The first-order valence-electron chi connectivity index (χ1n) is 6.30. The minimum Gasteiger partial charge on any atom is -0.336 e. The van der Waals surface area contributed by atoms with Gasteiger partial charge in [0.2, 0.25) is 0 Å². The molecule has 1 saturated heterocycles. The third kappa shape index (κ3) is 4.81. The number of rotatable bonds is 2. The van der Waals surface area contributed by atoms with Crippen molar-refractivity contribution in [2.45, 2.75) is 6.18 Å². The molecule has 0 spiro atoms. The molecule has 0 N–H and O–H groups in total. The van der Waals surface area contributed by atoms with Crippen molar-refractivity contribution in [3.05, 3.63) is 35.4 Å². The van der Waals surface area contributed by atoms with Gasteiger partial charge >= 0.3 is 6.18 Å². The number of amides is 1. The van der Waals surface area contributed by atoms with E-state index in [9.17, 15) is 26.7 Å². The van der Waals surface area contributed by atoms with Gasteiger partial charge in [0, 0.05) is 32.2 Å². The zero-order valence-electron chi connectivity index (χ0n) is 11.4. The standard InChI is InChI=1S/C13H13F5N2O.ClH/c14-9-1-2-10(11(15)7-9)12(21)20-5-3-19(4-6-20)8-13(16,17)18;/h1-2,7H,3-6,8H2;1H. The molecule has 1 fully saturated rings. The Morgan fingerprint density at radius 3 is 2.18 bits per heavy atom. The van der Waals surface area contributed by atoms with Gasteiger partial charge in [-0.3, -0.25) is 9.69 Å². The van der Waals surface area contributed by atoms with Gasteiger partial charge in [-0.2, -0.15) is 13.2 Å². The summed E-state index contributed by atoms with van der Waals surface area (Å²) in [7, 11) is 0. The summed E-state index contributed by atoms with van der Waals surface area (Å²) in [6, 6.07) is 2.61. The first-order valence-corrected chi connectivity index (χ1v) is 6.30. The number of piperazine rings is 1. The zero-order valence-corrected chi connectivity index (χ0v) is 12.2. The van der Waals surface area contributed by atoms with Crippen LogP contribution in [0, 0.1) is 11.6 Å². The van der Waals surface area contributed by atoms with E-state index in [-0.39, 0.29) is 44.1 Å². The number of carbonyl (C=O) groups excluding carboxylic acids is 1. The van der Waals surface area contributed by atoms with E-state index in [4.69, 9.17) is 0 Å². The van der Waals surface area contributed by atoms with E-state index < -0.39 is 30.3 Å². The lowest BCUT2D eigenvalue weighted by atomic mass is 10.1. The summed E-state index contributed by atoms with van der Waals surface area (Å²) in [5, 5.41) is 0. The highest BCUT2D eigenvalue weighted by Gasteiger charge is 2.33. The molecule has 0 radical (unpaired) electrons. The lowest BCUT2D eigenvalue weighted by molar-refractivity contribution is -0.148. The Hall–Kier alpha value is -1.41. The molecule has 1 heterocycles. The van der Waals surface area contributed by atoms with Gasteiger partial charge in [-0.1, -0.05) is 0 Å². The Bertz CT molecular complexity index is 530. The van der Waals surface area contributed by atoms with E-state index in [1.807, 2.05) is 0 Å². The van der Waals surface area contributed by atoms with Crippen LogP contribution in [0.25, 0.3) is 0 Å². The first kappa shape index (κ1) is 18.6. The van der Waals surface area contributed by atoms with E-state index >= 15 is 0 Å². The van der Waals surface area contributed by atoms with Crippen molar-refractivity contribution in [1.29, 1.82) is 0 Å². The molecule has 3 nitrogen and oxygen atoms in total. The maximum atomic E-state index is 13.5. The SMILES string of the molecule is Cl.O=C(c1ccc(F)cc1F)N1CCN(CC(F)(F)F)CC1. The maximum Gasteiger partial charge on any atom is 0.401 e. The monoisotopic (exact) mass is 344 g/mol. The Morgan fingerprint density at radius 2 is 1.68 bits per heavy atom. The van der Waals surface area contributed by atoms with Crippen molar-refractivity contribution in [3.8, 4) is 0 Å². The maximum absolute atomic E-state index is 13.5. The molecular weight excluding hydrogens is 331 g/mol. The van der Waals surface area contributed by atoms with Crippen molar-refractivity contribution in [2.75, 3.05) is 32.7 Å². The number of benzene rings is 1. The molecule has 124 valence electrons. The van der Waals surface area contributed by atoms with Crippen LogP contribution in [0.4, 0.5) is 22.0 Å². The van der Waals surface area contributed by atoms with Crippen LogP contribution in [0.15, 0.2) is 18.2 Å². The van der Waals surface area contributed by atoms with Gasteiger partial charge in [0.25, 0.3) is 5.91 Å². The van der Waals surface area contributed by atoms with Crippen LogP contribution < -0.4 is 0 Å². The van der Waals surface area contributed by atoms with E-state index in [1.165, 1.54) is 9.80 Å². The molecular formula is C13H14ClF5N2O. The fraction of sp³-hybridized carbons (Fsp3) is 0.462. The molecule has 1 aromatic carbocycles. The summed E-state index contributed by atoms with van der Waals surface area (Å²) in [6.45, 7) is -0.750. The smallest absolute Gasteiger partial charge is 0.336 e. The Morgan fingerprint density at radius 1 is 1.09 bits per heavy atom. The predicted octanol–water partition coefficient (Wildman–Crippen LogP) is 2.71. The normalized spacial score (nSPS) is 16.3. The van der Waals surface area contributed by atoms with Gasteiger partial charge in [0.15, 0.2) is 0 Å². The number of carbonyl (C=O) groups is 1. The van der Waals surface area contributed by atoms with Crippen molar-refractivity contribution >= 4 is 18.3 Å². The summed E-state index contributed by atoms with van der Waals surface area (Å²) < 4.78 is 63.0. The van der Waals surface area contributed by atoms with Gasteiger partial charge in [-0.15, -0.1) is 12.4 Å². The molecule has 0 aliphatic carbocycles. The number of halogens is 6. The minimum atomic E-state index is -4.28. The summed E-state index contributed by atoms with van der Waals surface area (Å²) in [5.41, 5.74) is -0.277. The summed E-state index contributed by atoms with van der Waals surface area (Å²) >= 11 is 0. The van der Waals surface area contributed by atoms with Crippen LogP contribution in [-0.4, -0.2) is 54.6 Å². The predicted molar refractivity (Wildman–Crippen MR) is 72.0 cm³/mol. The van der Waals surface area contributed by atoms with Crippen LogP contribution in [0.3, 0.4) is 0 Å². The highest BCUT2D eigenvalue weighted by molar-refractivity contribution is 5.94. The Kier molecular flexibility index (Phi) is 6.13. The van der Waals surface area contributed by atoms with E-state index in [1.54, 1.807) is 0 Å². The molecule has 0 atom stereocenters. The van der Waals surface area contributed by atoms with Crippen LogP contribution in [0.2, 0.25) is 0 Å². The second-order valence-electron chi connectivity index (χ2n) is 4.81. The molecule has 22 heavy (non-hydrogen) atoms. The van der Waals surface area contributed by atoms with Crippen LogP contribution in [0.5, 0.6) is 0 Å². The third-order valence-corrected chi connectivity index (χ3v) is 3.22. The molecule has 1 amide bonds. The lowest BCUT2D eigenvalue weighted by Crippen LogP contribution is -2.51. The van der Waals surface area contributed by atoms with Crippen LogP contribution in [0.1, 0.15) is 10.4 Å². The number of alkyl halides is 3. The average molecular weight is 345 g/mol. The van der Waals surface area contributed by atoms with Crippen molar-refractivity contribution in [1.82, 2.24) is 9.80 Å². The topological polar surface area (TPSA) is 23.6 Å². The largest absolute Gasteiger partial charge is 0.401 e. The summed E-state index contributed by atoms with van der Waals surface area (Å²) in [4.78, 5) is 14.5. The fourth-order valence-corrected chi connectivity index (χ4v) is 2.20. The lowest BCUT2D eigenvalue weighted by Gasteiger charge is -2.35. The molecule has 1 aromatic rings. The molecule has 2 rings (SSSR count). The van der Waals surface area contributed by atoms with Crippen LogP contribution >= 0.6 is 12.4 Å². The van der Waals surface area contributed by atoms with Gasteiger partial charge in [-0.05, 0) is 12.1 Å². The molecule has 0 saturated carbocycles. The highest BCUT2D eigenvalue weighted by atomic mass is 35.5. The van der Waals surface area contributed by atoms with E-state index in [2.05, 4.69) is 0 Å². The molecule has 9 heteroatoms. The van der Waals surface area contributed by atoms with Crippen molar-refractivity contribution in [3.63, 3.8) is 0 Å². The highest BCUT2D eigenvalue weighted by Crippen LogP contribution is 2.19. The number of nitrogens with zero attached hydrogens (tertiary/aromatic N) is 2. The zero-order chi connectivity index (χ0) is 15.6. The number of hydrogen-bond acceptors (Lipinski definition) is 2. The summed E-state index contributed by atoms with van der Waals surface area (Å²) in [6.07, 6.45) is -4.28. The molecule has 1 aliphatic rings. The van der Waals surface area contributed by atoms with Gasteiger partial charge in [-0.25, -0.2) is 8.78 Å². The number of hydrogen-bond donors (Lipinski definition) is 0. The molecule has 0 bridgehead atoms. The van der Waals surface area contributed by atoms with Crippen molar-refractivity contribution < 1.29 is 26.7 Å². The molecule has 1 aliphatic heterocycles. The molecule has 0 unspecified atom stereocenters. The Labute approximate surface area is 130 Å². The Balaban J connectivity index is 0.00000242. The second-order valence-corrected chi connectivity index (χ2v) is 4.81. The van der Waals surface area contributed by atoms with Crippen LogP contribution in [-0.2, 0) is 0 Å². The second kappa shape index (κ2) is 7.23. The van der Waals surface area contributed by atoms with E-state index in [0.29, 0.717) is 6.07 Å². The quantitative estimate of drug-likeness (QED) is 0.770. The third-order valence-electron chi connectivity index (χ3n) is 3.22. The first-order chi connectivity index (χ1) is 9.76. The fourth-order valence-electron chi connectivity index (χ4n) is 2.20. The molecule has 0 aromatic heterocycles. The summed E-state index contributed by atoms with van der Waals surface area (Å²) in [5.74, 6) is -2.41. The van der Waals surface area contributed by atoms with Gasteiger partial charge < -0.3 is 4.90 Å². The average Bonchev–Trinajstić information content (AvgIpc) is 2.37. The van der Waals surface area contributed by atoms with Gasteiger partial charge in [0.05, 0.1) is 12.1 Å². The van der Waals surface area contributed by atoms with E-state index in [0.717, 1.165) is 12.1 Å². The minimum absolute atomic E-state index is 0.